The molecule has 1 aromatic heterocycles. The van der Waals surface area contributed by atoms with Crippen LogP contribution in [0.15, 0.2) is 18.7 Å². The zero-order valence-electron chi connectivity index (χ0n) is 3.70. The molecule has 0 unspecified atom stereocenters. The molecule has 7 heavy (non-hydrogen) atoms. The summed E-state index contributed by atoms with van der Waals surface area (Å²) in [6, 6.07) is 0. The van der Waals surface area contributed by atoms with Crippen molar-refractivity contribution < 1.29 is 5.21 Å². The van der Waals surface area contributed by atoms with Crippen molar-refractivity contribution in [3.63, 3.8) is 0 Å². The molecule has 0 aliphatic heterocycles. The summed E-state index contributed by atoms with van der Waals surface area (Å²) >= 11 is 0. The fraction of sp³-hybridized carbons (Fsp3) is 0. The predicted molar refractivity (Wildman–Crippen MR) is 24.6 cm³/mol. The van der Waals surface area contributed by atoms with Gasteiger partial charge in [0.05, 0.1) is 6.33 Å². The second-order valence-corrected chi connectivity index (χ2v) is 0.761. The Balaban J connectivity index is 0.000000162. The molecule has 4 nitrogen and oxygen atoms in total. The summed E-state index contributed by atoms with van der Waals surface area (Å²) in [5.74, 6) is 3.50. The molecule has 1 rings (SSSR count). The molecule has 0 aromatic carbocycles. The normalized spacial score (nSPS) is 6.57. The molecule has 0 atom stereocenters. The first-order chi connectivity index (χ1) is 3.50. The van der Waals surface area contributed by atoms with Crippen molar-refractivity contribution in [2.24, 2.45) is 5.90 Å². The maximum Gasteiger partial charge on any atom is 0.0919 e. The van der Waals surface area contributed by atoms with Gasteiger partial charge in [0.25, 0.3) is 0 Å². The lowest BCUT2D eigenvalue weighted by atomic mass is 11.0. The van der Waals surface area contributed by atoms with Gasteiger partial charge in [0.15, 0.2) is 0 Å². The molecule has 0 saturated carbocycles. The number of nitrogens with two attached hydrogens (primary N) is 1. The van der Waals surface area contributed by atoms with E-state index in [0.717, 1.165) is 0 Å². The van der Waals surface area contributed by atoms with Gasteiger partial charge in [-0.05, 0) is 0 Å². The highest BCUT2D eigenvalue weighted by atomic mass is 16.4. The minimum absolute atomic E-state index is 1.62. The third kappa shape index (κ3) is 2.95. The van der Waals surface area contributed by atoms with E-state index in [1.807, 2.05) is 0 Å². The van der Waals surface area contributed by atoms with E-state index in [-0.39, 0.29) is 0 Å². The van der Waals surface area contributed by atoms with E-state index < -0.39 is 0 Å². The topological polar surface area (TPSA) is 74.9 Å². The molecule has 4 heteroatoms. The highest BCUT2D eigenvalue weighted by Gasteiger charge is 1.56. The standard InChI is InChI=1S/C3H4N2.H3NO/c1-2-5-3-4-1;1-2/h1-3H,(H,4,5);2H,1H2. The molecule has 0 spiro atoms. The number of hydrogen-bond donors (Lipinski definition) is 3. The van der Waals surface area contributed by atoms with Crippen molar-refractivity contribution >= 4 is 0 Å². The average Bonchev–Trinajstić information content (AvgIpc) is 2.23. The first-order valence-electron chi connectivity index (χ1n) is 1.69. The van der Waals surface area contributed by atoms with Gasteiger partial charge in [0.1, 0.15) is 0 Å². The summed E-state index contributed by atoms with van der Waals surface area (Å²) in [5, 5.41) is 6.50. The number of nitrogens with zero attached hydrogens (tertiary/aromatic N) is 1. The molecular weight excluding hydrogens is 94.1 g/mol. The van der Waals surface area contributed by atoms with Crippen molar-refractivity contribution in [2.75, 3.05) is 0 Å². The summed E-state index contributed by atoms with van der Waals surface area (Å²) in [4.78, 5) is 6.42. The second kappa shape index (κ2) is 5.13. The number of aromatic amines is 1. The van der Waals surface area contributed by atoms with Crippen molar-refractivity contribution in [1.29, 1.82) is 0 Å². The van der Waals surface area contributed by atoms with Crippen molar-refractivity contribution in [1.82, 2.24) is 9.97 Å². The third-order valence-electron chi connectivity index (χ3n) is 0.406. The molecule has 40 valence electrons. The smallest absolute Gasteiger partial charge is 0.0919 e. The van der Waals surface area contributed by atoms with Crippen LogP contribution < -0.4 is 5.90 Å². The van der Waals surface area contributed by atoms with Crippen molar-refractivity contribution in [3.8, 4) is 0 Å². The van der Waals surface area contributed by atoms with E-state index in [1.165, 1.54) is 0 Å². The number of aromatic nitrogens is 2. The molecule has 0 saturated heterocycles. The van der Waals surface area contributed by atoms with Gasteiger partial charge in [0, 0.05) is 12.4 Å². The van der Waals surface area contributed by atoms with Crippen LogP contribution in [0.4, 0.5) is 0 Å². The van der Waals surface area contributed by atoms with Gasteiger partial charge in [-0.25, -0.2) is 10.9 Å². The minimum atomic E-state index is 1.62. The summed E-state index contributed by atoms with van der Waals surface area (Å²) in [6.45, 7) is 0. The summed E-state index contributed by atoms with van der Waals surface area (Å²) < 4.78 is 0. The van der Waals surface area contributed by atoms with Crippen LogP contribution in [0.5, 0.6) is 0 Å². The molecule has 4 N–H and O–H groups in total. The number of hydrogen-bond acceptors (Lipinski definition) is 3. The monoisotopic (exact) mass is 101 g/mol. The van der Waals surface area contributed by atoms with Crippen molar-refractivity contribution in [3.05, 3.63) is 18.7 Å². The molecule has 0 radical (unpaired) electrons. The summed E-state index contributed by atoms with van der Waals surface area (Å²) in [7, 11) is 0. The number of imidazole rings is 1. The molecular formula is C3H7N3O. The van der Waals surface area contributed by atoms with Crippen LogP contribution in [0.3, 0.4) is 0 Å². The van der Waals surface area contributed by atoms with Gasteiger partial charge in [-0.3, -0.25) is 0 Å². The second-order valence-electron chi connectivity index (χ2n) is 0.761. The zero-order chi connectivity index (χ0) is 5.54. The largest absolute Gasteiger partial charge is 0.351 e. The Hall–Kier alpha value is -0.870. The highest BCUT2D eigenvalue weighted by Crippen LogP contribution is 1.62. The van der Waals surface area contributed by atoms with E-state index in [1.54, 1.807) is 18.7 Å². The van der Waals surface area contributed by atoms with E-state index >= 15 is 0 Å². The third-order valence-corrected chi connectivity index (χ3v) is 0.406. The fourth-order valence-electron chi connectivity index (χ4n) is 0.215. The number of H-pyrrole nitrogens is 1. The Morgan fingerprint density at radius 3 is 2.43 bits per heavy atom. The fourth-order valence-corrected chi connectivity index (χ4v) is 0.215. The van der Waals surface area contributed by atoms with Gasteiger partial charge in [-0.15, -0.1) is 0 Å². The van der Waals surface area contributed by atoms with Gasteiger partial charge >= 0.3 is 0 Å². The van der Waals surface area contributed by atoms with Crippen LogP contribution in [0.2, 0.25) is 0 Å². The van der Waals surface area contributed by atoms with Gasteiger partial charge in [-0.1, -0.05) is 0 Å². The maximum atomic E-state index is 6.50. The van der Waals surface area contributed by atoms with Gasteiger partial charge < -0.3 is 10.2 Å². The molecule has 0 amide bonds. The van der Waals surface area contributed by atoms with Crippen LogP contribution in [0.1, 0.15) is 0 Å². The van der Waals surface area contributed by atoms with E-state index in [9.17, 15) is 0 Å². The lowest BCUT2D eigenvalue weighted by molar-refractivity contribution is 0.311. The Labute approximate surface area is 41.0 Å². The van der Waals surface area contributed by atoms with E-state index in [2.05, 4.69) is 15.9 Å². The Bertz CT molecular complexity index is 66.7. The lowest BCUT2D eigenvalue weighted by Crippen LogP contribution is -1.72. The van der Waals surface area contributed by atoms with Crippen LogP contribution in [-0.4, -0.2) is 15.2 Å². The average molecular weight is 101 g/mol. The van der Waals surface area contributed by atoms with Gasteiger partial charge in [0.2, 0.25) is 0 Å². The molecule has 1 aromatic rings. The molecule has 0 fully saturated rings. The zero-order valence-corrected chi connectivity index (χ0v) is 3.70. The Morgan fingerprint density at radius 2 is 2.29 bits per heavy atom. The molecule has 1 heterocycles. The van der Waals surface area contributed by atoms with E-state index in [4.69, 9.17) is 5.21 Å². The Kier molecular flexibility index (Phi) is 4.49. The molecule has 0 aliphatic rings. The maximum absolute atomic E-state index is 6.50. The van der Waals surface area contributed by atoms with Gasteiger partial charge in [-0.2, -0.15) is 0 Å². The number of nitrogens with one attached hydrogen (secondary N) is 1. The summed E-state index contributed by atoms with van der Waals surface area (Å²) in [6.07, 6.45) is 5.08. The van der Waals surface area contributed by atoms with Crippen LogP contribution in [-0.2, 0) is 0 Å². The quantitative estimate of drug-likeness (QED) is 0.394. The first kappa shape index (κ1) is 6.13. The SMILES string of the molecule is NO.c1c[nH]cn1. The van der Waals surface area contributed by atoms with Crippen molar-refractivity contribution in [2.45, 2.75) is 0 Å². The number of rotatable bonds is 0. The molecule has 0 aliphatic carbocycles. The van der Waals surface area contributed by atoms with Crippen LogP contribution >= 0.6 is 0 Å². The van der Waals surface area contributed by atoms with Crippen LogP contribution in [0, 0.1) is 0 Å². The first-order valence-corrected chi connectivity index (χ1v) is 1.69. The van der Waals surface area contributed by atoms with E-state index in [0.29, 0.717) is 0 Å². The Morgan fingerprint density at radius 1 is 1.57 bits per heavy atom. The van der Waals surface area contributed by atoms with Crippen LogP contribution in [0.25, 0.3) is 0 Å². The lowest BCUT2D eigenvalue weighted by Gasteiger charge is -1.46. The highest BCUT2D eigenvalue weighted by molar-refractivity contribution is 4.64. The minimum Gasteiger partial charge on any atom is -0.351 e. The molecule has 0 bridgehead atoms. The predicted octanol–water partition coefficient (Wildman–Crippen LogP) is -0.256. The summed E-state index contributed by atoms with van der Waals surface area (Å²) in [5.41, 5.74) is 0.